The highest BCUT2D eigenvalue weighted by molar-refractivity contribution is 7.14. The molecule has 0 aliphatic carbocycles. The molecule has 2 aromatic carbocycles. The van der Waals surface area contributed by atoms with Crippen molar-refractivity contribution in [1.29, 1.82) is 0 Å². The first-order valence-corrected chi connectivity index (χ1v) is 9.66. The van der Waals surface area contributed by atoms with Crippen molar-refractivity contribution in [3.8, 4) is 5.75 Å². The molecule has 0 aliphatic rings. The number of hydrogen-bond acceptors (Lipinski definition) is 6. The monoisotopic (exact) mass is 414 g/mol. The number of amides is 1. The Hall–Kier alpha value is -3.26. The Morgan fingerprint density at radius 1 is 1.17 bits per heavy atom. The molecule has 0 radical (unpaired) electrons. The fourth-order valence-electron chi connectivity index (χ4n) is 2.55. The van der Waals surface area contributed by atoms with E-state index in [2.05, 4.69) is 4.98 Å². The predicted molar refractivity (Wildman–Crippen MR) is 108 cm³/mol. The Labute approximate surface area is 171 Å². The van der Waals surface area contributed by atoms with E-state index in [1.807, 2.05) is 25.1 Å². The first-order chi connectivity index (χ1) is 13.9. The van der Waals surface area contributed by atoms with Crippen LogP contribution in [-0.2, 0) is 20.9 Å². The van der Waals surface area contributed by atoms with E-state index in [1.165, 1.54) is 24.0 Å². The number of halogens is 1. The summed E-state index contributed by atoms with van der Waals surface area (Å²) >= 11 is 1.16. The summed E-state index contributed by atoms with van der Waals surface area (Å²) in [5, 5.41) is 1.95. The predicted octanol–water partition coefficient (Wildman–Crippen LogP) is 4.40. The lowest BCUT2D eigenvalue weighted by atomic mass is 10.2. The number of aromatic nitrogens is 1. The largest absolute Gasteiger partial charge is 0.482 e. The van der Waals surface area contributed by atoms with Crippen molar-refractivity contribution in [2.24, 2.45) is 0 Å². The van der Waals surface area contributed by atoms with Gasteiger partial charge in [-0.25, -0.2) is 14.2 Å². The zero-order valence-electron chi connectivity index (χ0n) is 15.9. The van der Waals surface area contributed by atoms with Crippen LogP contribution in [0.3, 0.4) is 0 Å². The van der Waals surface area contributed by atoms with Gasteiger partial charge in [-0.2, -0.15) is 0 Å². The Morgan fingerprint density at radius 2 is 1.97 bits per heavy atom. The van der Waals surface area contributed by atoms with Gasteiger partial charge in [0.1, 0.15) is 18.2 Å². The van der Waals surface area contributed by atoms with Crippen molar-refractivity contribution in [2.45, 2.75) is 20.5 Å². The molecule has 150 valence electrons. The highest BCUT2D eigenvalue weighted by atomic mass is 32.1. The van der Waals surface area contributed by atoms with Gasteiger partial charge >= 0.3 is 5.97 Å². The normalized spacial score (nSPS) is 10.4. The number of nitrogens with zero attached hydrogens (tertiary/aromatic N) is 2. The number of thiazole rings is 1. The van der Waals surface area contributed by atoms with Gasteiger partial charge in [0.25, 0.3) is 0 Å². The summed E-state index contributed by atoms with van der Waals surface area (Å²) in [7, 11) is 0. The minimum absolute atomic E-state index is 0.0739. The first kappa shape index (κ1) is 20.5. The highest BCUT2D eigenvalue weighted by Gasteiger charge is 2.21. The topological polar surface area (TPSA) is 68.7 Å². The van der Waals surface area contributed by atoms with Crippen LogP contribution in [0.25, 0.3) is 0 Å². The van der Waals surface area contributed by atoms with E-state index in [0.29, 0.717) is 16.6 Å². The van der Waals surface area contributed by atoms with Crippen molar-refractivity contribution < 1.29 is 23.5 Å². The molecule has 1 amide bonds. The second-order valence-electron chi connectivity index (χ2n) is 6.19. The van der Waals surface area contributed by atoms with Crippen LogP contribution in [0, 0.1) is 12.7 Å². The number of hydrogen-bond donors (Lipinski definition) is 0. The zero-order chi connectivity index (χ0) is 20.8. The molecule has 3 aromatic rings. The maximum absolute atomic E-state index is 14.1. The van der Waals surface area contributed by atoms with Gasteiger partial charge in [-0.15, -0.1) is 11.3 Å². The minimum atomic E-state index is -0.543. The van der Waals surface area contributed by atoms with Crippen LogP contribution >= 0.6 is 11.3 Å². The van der Waals surface area contributed by atoms with E-state index < -0.39 is 11.8 Å². The molecule has 0 N–H and O–H groups in total. The second-order valence-corrected chi connectivity index (χ2v) is 7.03. The summed E-state index contributed by atoms with van der Waals surface area (Å²) in [5.74, 6) is -0.864. The summed E-state index contributed by atoms with van der Waals surface area (Å²) in [5.41, 5.74) is 1.59. The maximum Gasteiger partial charge on any atom is 0.344 e. The average molecular weight is 414 g/mol. The van der Waals surface area contributed by atoms with Crippen molar-refractivity contribution in [3.05, 3.63) is 71.0 Å². The quantitative estimate of drug-likeness (QED) is 0.536. The first-order valence-electron chi connectivity index (χ1n) is 8.79. The Kier molecular flexibility index (Phi) is 6.56. The molecule has 8 heteroatoms. The van der Waals surface area contributed by atoms with Crippen LogP contribution in [0.1, 0.15) is 18.2 Å². The molecule has 1 aromatic heterocycles. The molecule has 0 saturated carbocycles. The fourth-order valence-corrected chi connectivity index (χ4v) is 3.41. The molecule has 0 fully saturated rings. The maximum atomic E-state index is 14.1. The number of aryl methyl sites for hydroxylation is 1. The third kappa shape index (κ3) is 5.39. The molecule has 3 rings (SSSR count). The Balaban J connectivity index is 1.60. The van der Waals surface area contributed by atoms with E-state index >= 15 is 0 Å². The number of ether oxygens (including phenoxy) is 2. The van der Waals surface area contributed by atoms with Gasteiger partial charge in [0, 0.05) is 12.3 Å². The summed E-state index contributed by atoms with van der Waals surface area (Å²) in [6.07, 6.45) is 0. The Morgan fingerprint density at radius 3 is 2.69 bits per heavy atom. The van der Waals surface area contributed by atoms with Crippen molar-refractivity contribution >= 4 is 34.0 Å². The number of benzene rings is 2. The number of carbonyl (C=O) groups is 2. The summed E-state index contributed by atoms with van der Waals surface area (Å²) in [6.45, 7) is 2.96. The van der Waals surface area contributed by atoms with Crippen molar-refractivity contribution in [2.75, 3.05) is 11.5 Å². The second kappa shape index (κ2) is 9.29. The van der Waals surface area contributed by atoms with E-state index in [4.69, 9.17) is 9.47 Å². The Bertz CT molecular complexity index is 1020. The summed E-state index contributed by atoms with van der Waals surface area (Å²) in [6, 6.07) is 13.3. The van der Waals surface area contributed by atoms with Crippen LogP contribution in [0.4, 0.5) is 15.2 Å². The number of anilines is 2. The van der Waals surface area contributed by atoms with E-state index in [-0.39, 0.29) is 24.8 Å². The van der Waals surface area contributed by atoms with E-state index in [0.717, 1.165) is 16.9 Å². The molecular weight excluding hydrogens is 395 g/mol. The lowest BCUT2D eigenvalue weighted by Crippen LogP contribution is -2.23. The molecule has 29 heavy (non-hydrogen) atoms. The molecular formula is C21H19FN2O4S. The van der Waals surface area contributed by atoms with Gasteiger partial charge < -0.3 is 9.47 Å². The van der Waals surface area contributed by atoms with Gasteiger partial charge in [0.05, 0.1) is 11.4 Å². The molecule has 6 nitrogen and oxygen atoms in total. The fraction of sp³-hybridized carbons (Fsp3) is 0.190. The molecule has 0 spiro atoms. The lowest BCUT2D eigenvalue weighted by Gasteiger charge is -2.18. The minimum Gasteiger partial charge on any atom is -0.482 e. The van der Waals surface area contributed by atoms with Gasteiger partial charge in [-0.1, -0.05) is 24.3 Å². The van der Waals surface area contributed by atoms with Crippen LogP contribution < -0.4 is 9.64 Å². The molecule has 1 heterocycles. The number of esters is 1. The standard InChI is InChI=1S/C21H19FN2O4S/c1-14-6-5-7-17(10-14)27-12-20(26)28-11-16-13-29-21(23-16)24(15(2)25)19-9-4-3-8-18(19)22/h3-10,13H,11-12H2,1-2H3. The van der Waals surface area contributed by atoms with E-state index in [9.17, 15) is 14.0 Å². The third-order valence-electron chi connectivity index (χ3n) is 3.87. The molecule has 0 aliphatic heterocycles. The lowest BCUT2D eigenvalue weighted by molar-refractivity contribution is -0.147. The van der Waals surface area contributed by atoms with Crippen LogP contribution in [0.2, 0.25) is 0 Å². The van der Waals surface area contributed by atoms with Crippen LogP contribution in [-0.4, -0.2) is 23.5 Å². The number of carbonyl (C=O) groups excluding carboxylic acids is 2. The van der Waals surface area contributed by atoms with Gasteiger partial charge in [-0.05, 0) is 36.8 Å². The van der Waals surface area contributed by atoms with Crippen LogP contribution in [0.15, 0.2) is 53.9 Å². The summed E-state index contributed by atoms with van der Waals surface area (Å²) in [4.78, 5) is 29.4. The SMILES string of the molecule is CC(=O)N(c1nc(COC(=O)COc2cccc(C)c2)cs1)c1ccccc1F. The molecule has 0 bridgehead atoms. The highest BCUT2D eigenvalue weighted by Crippen LogP contribution is 2.30. The summed E-state index contributed by atoms with van der Waals surface area (Å²) < 4.78 is 24.7. The number of para-hydroxylation sites is 1. The zero-order valence-corrected chi connectivity index (χ0v) is 16.7. The van der Waals surface area contributed by atoms with Gasteiger partial charge in [-0.3, -0.25) is 9.69 Å². The molecule has 0 atom stereocenters. The number of rotatable bonds is 7. The molecule has 0 saturated heterocycles. The van der Waals surface area contributed by atoms with Gasteiger partial charge in [0.2, 0.25) is 5.91 Å². The smallest absolute Gasteiger partial charge is 0.344 e. The van der Waals surface area contributed by atoms with Crippen molar-refractivity contribution in [3.63, 3.8) is 0 Å². The van der Waals surface area contributed by atoms with E-state index in [1.54, 1.807) is 23.6 Å². The average Bonchev–Trinajstić information content (AvgIpc) is 3.15. The van der Waals surface area contributed by atoms with Crippen molar-refractivity contribution in [1.82, 2.24) is 4.98 Å². The van der Waals surface area contributed by atoms with Crippen LogP contribution in [0.5, 0.6) is 5.75 Å². The molecule has 0 unspecified atom stereocenters. The third-order valence-corrected chi connectivity index (χ3v) is 4.74. The van der Waals surface area contributed by atoms with Gasteiger partial charge in [0.15, 0.2) is 11.7 Å².